The first-order valence-corrected chi connectivity index (χ1v) is 15.3. The zero-order chi connectivity index (χ0) is 37.8. The van der Waals surface area contributed by atoms with Gasteiger partial charge in [-0.05, 0) is 76.2 Å². The van der Waals surface area contributed by atoms with E-state index in [1.807, 2.05) is 39.8 Å². The van der Waals surface area contributed by atoms with Gasteiger partial charge in [-0.3, -0.25) is 0 Å². The molecular formula is C36H38F6N12. The predicted molar refractivity (Wildman–Crippen MR) is 194 cm³/mol. The molecule has 0 aliphatic carbocycles. The number of rotatable bonds is 7. The molecule has 4 heterocycles. The van der Waals surface area contributed by atoms with E-state index in [1.54, 1.807) is 15.4 Å². The van der Waals surface area contributed by atoms with Crippen LogP contribution in [0.4, 0.5) is 55.4 Å². The Morgan fingerprint density at radius 1 is 0.648 bits per heavy atom. The van der Waals surface area contributed by atoms with Crippen molar-refractivity contribution < 1.29 is 26.3 Å². The molecule has 0 spiro atoms. The Labute approximate surface area is 308 Å². The van der Waals surface area contributed by atoms with Gasteiger partial charge in [-0.25, -0.2) is 14.3 Å². The summed E-state index contributed by atoms with van der Waals surface area (Å²) < 4.78 is 80.3. The van der Waals surface area contributed by atoms with E-state index in [1.165, 1.54) is 30.3 Å². The topological polar surface area (TPSA) is 142 Å². The fraction of sp³-hybridized carbons (Fsp3) is 0.250. The van der Waals surface area contributed by atoms with E-state index in [-0.39, 0.29) is 50.5 Å². The highest BCUT2D eigenvalue weighted by Crippen LogP contribution is 2.32. The molecule has 4 aromatic heterocycles. The minimum absolute atomic E-state index is 0. The number of hydrogen-bond acceptors (Lipinski definition) is 9. The quantitative estimate of drug-likeness (QED) is 0.107. The van der Waals surface area contributed by atoms with Gasteiger partial charge in [0.1, 0.15) is 0 Å². The second-order valence-corrected chi connectivity index (χ2v) is 11.3. The Bertz CT molecular complexity index is 2250. The van der Waals surface area contributed by atoms with Crippen LogP contribution in [-0.4, -0.2) is 39.5 Å². The highest BCUT2D eigenvalue weighted by atomic mass is 19.4. The molecule has 0 saturated heterocycles. The van der Waals surface area contributed by atoms with E-state index in [0.717, 1.165) is 47.0 Å². The second kappa shape index (κ2) is 17.0. The van der Waals surface area contributed by atoms with Crippen molar-refractivity contribution in [3.63, 3.8) is 0 Å². The average Bonchev–Trinajstić information content (AvgIpc) is 3.62. The van der Waals surface area contributed by atoms with Crippen LogP contribution < -0.4 is 16.4 Å². The molecule has 6 rings (SSSR count). The Kier molecular flexibility index (Phi) is 13.2. The van der Waals surface area contributed by atoms with Gasteiger partial charge < -0.3 is 21.2 Å². The molecule has 0 saturated carbocycles. The van der Waals surface area contributed by atoms with Crippen LogP contribution in [0.5, 0.6) is 0 Å². The molecule has 0 unspecified atom stereocenters. The summed E-state index contributed by atoms with van der Waals surface area (Å²) in [6, 6.07) is 16.4. The molecule has 284 valence electrons. The summed E-state index contributed by atoms with van der Waals surface area (Å²) in [5.41, 5.74) is 8.36. The van der Waals surface area contributed by atoms with Crippen LogP contribution in [0, 0.1) is 34.3 Å². The van der Waals surface area contributed by atoms with Gasteiger partial charge in [-0.1, -0.05) is 38.5 Å². The smallest absolute Gasteiger partial charge is 0.360 e. The van der Waals surface area contributed by atoms with Crippen molar-refractivity contribution in [2.45, 2.75) is 61.4 Å². The maximum absolute atomic E-state index is 12.9. The Hall–Kier alpha value is -6.35. The van der Waals surface area contributed by atoms with Crippen molar-refractivity contribution in [1.82, 2.24) is 39.5 Å². The van der Waals surface area contributed by atoms with Gasteiger partial charge >= 0.3 is 18.3 Å². The van der Waals surface area contributed by atoms with E-state index in [4.69, 9.17) is 12.3 Å². The van der Waals surface area contributed by atoms with E-state index in [9.17, 15) is 26.3 Å². The zero-order valence-corrected chi connectivity index (χ0v) is 28.0. The molecule has 2 aromatic carbocycles. The zero-order valence-electron chi connectivity index (χ0n) is 28.0. The minimum atomic E-state index is -4.45. The summed E-state index contributed by atoms with van der Waals surface area (Å²) in [4.78, 5) is 20.1. The van der Waals surface area contributed by atoms with Crippen LogP contribution in [0.25, 0.3) is 16.5 Å². The lowest BCUT2D eigenvalue weighted by Crippen LogP contribution is -2.10. The molecule has 0 fully saturated rings. The Morgan fingerprint density at radius 2 is 1.09 bits per heavy atom. The molecule has 0 bridgehead atoms. The van der Waals surface area contributed by atoms with Crippen molar-refractivity contribution >= 4 is 29.1 Å². The number of aromatic nitrogens is 8. The first kappa shape index (κ1) is 42.1. The normalized spacial score (nSPS) is 11.0. The fourth-order valence-electron chi connectivity index (χ4n) is 4.92. The lowest BCUT2D eigenvalue weighted by Gasteiger charge is -2.12. The summed E-state index contributed by atoms with van der Waals surface area (Å²) in [6.45, 7) is 14.7. The molecule has 0 aliphatic heterocycles. The van der Waals surface area contributed by atoms with Gasteiger partial charge in [0, 0.05) is 41.4 Å². The molecular weight excluding hydrogens is 714 g/mol. The van der Waals surface area contributed by atoms with Gasteiger partial charge in [0.2, 0.25) is 5.95 Å². The molecule has 0 amide bonds. The first-order chi connectivity index (χ1) is 24.5. The second-order valence-electron chi connectivity index (χ2n) is 11.3. The van der Waals surface area contributed by atoms with E-state index >= 15 is 0 Å². The molecule has 0 radical (unpaired) electrons. The summed E-state index contributed by atoms with van der Waals surface area (Å²) in [5, 5.41) is 14.2. The van der Waals surface area contributed by atoms with Crippen LogP contribution in [0.2, 0.25) is 0 Å². The lowest BCUT2D eigenvalue weighted by molar-refractivity contribution is -0.138. The number of halogens is 6. The van der Waals surface area contributed by atoms with Gasteiger partial charge in [0.15, 0.2) is 11.6 Å². The van der Waals surface area contributed by atoms with Crippen LogP contribution in [-0.2, 0) is 18.9 Å². The van der Waals surface area contributed by atoms with Crippen molar-refractivity contribution in [3.05, 3.63) is 124 Å². The monoisotopic (exact) mass is 752 g/mol. The number of anilines is 4. The maximum atomic E-state index is 12.9. The van der Waals surface area contributed by atoms with Gasteiger partial charge in [-0.2, -0.15) is 46.5 Å². The van der Waals surface area contributed by atoms with Gasteiger partial charge in [0.05, 0.1) is 28.2 Å². The van der Waals surface area contributed by atoms with Gasteiger partial charge in [0.25, 0.3) is 5.82 Å². The highest BCUT2D eigenvalue weighted by molar-refractivity contribution is 5.58. The van der Waals surface area contributed by atoms with E-state index in [2.05, 4.69) is 45.6 Å². The molecule has 18 heteroatoms. The first-order valence-electron chi connectivity index (χ1n) is 15.3. The SMILES string of the molecule is C.C.Cc1cc(C)n(-c2cc(CN)nc(Nc3cccc(C(F)(F)F)c3)n2)n1.[C-]#[N+]c1cc(-n2nc(C)cc2C)nc(Nc2cccc(C(F)(F)F)c2)n1. The number of alkyl halides is 6. The number of aryl methyl sites for hydroxylation is 4. The Balaban J connectivity index is 0.000000280. The fourth-order valence-corrected chi connectivity index (χ4v) is 4.92. The number of nitrogens with zero attached hydrogens (tertiary/aromatic N) is 9. The number of nitrogens with one attached hydrogen (secondary N) is 2. The van der Waals surface area contributed by atoms with Crippen LogP contribution >= 0.6 is 0 Å². The third kappa shape index (κ3) is 10.4. The molecule has 4 N–H and O–H groups in total. The standard InChI is InChI=1S/C17H13F3N6.C17H17F3N6.2CH4/c1-10-7-11(2)26(25-10)15-9-14(21-3)23-16(24-15)22-13-6-4-5-12(8-13)17(18,19)20;1-10-6-11(2)26(25-10)15-8-14(9-21)23-16(24-15)22-13-5-3-4-12(7-13)17(18,19)20;;/h4-9H,1-2H3,(H,22,23,24);3-8H,9,21H2,1-2H3,(H,22,23,24);2*1H4. The lowest BCUT2D eigenvalue weighted by atomic mass is 10.2. The van der Waals surface area contributed by atoms with Crippen molar-refractivity contribution in [3.8, 4) is 11.6 Å². The molecule has 12 nitrogen and oxygen atoms in total. The molecule has 54 heavy (non-hydrogen) atoms. The van der Waals surface area contributed by atoms with Gasteiger partial charge in [-0.15, -0.1) is 0 Å². The van der Waals surface area contributed by atoms with Crippen LogP contribution in [0.3, 0.4) is 0 Å². The van der Waals surface area contributed by atoms with Crippen molar-refractivity contribution in [2.24, 2.45) is 5.73 Å². The van der Waals surface area contributed by atoms with E-state index in [0.29, 0.717) is 17.3 Å². The highest BCUT2D eigenvalue weighted by Gasteiger charge is 2.31. The third-order valence-electron chi connectivity index (χ3n) is 7.13. The summed E-state index contributed by atoms with van der Waals surface area (Å²) in [6.07, 6.45) is -8.88. The van der Waals surface area contributed by atoms with Crippen molar-refractivity contribution in [2.75, 3.05) is 10.6 Å². The predicted octanol–water partition coefficient (Wildman–Crippen LogP) is 9.36. The summed E-state index contributed by atoms with van der Waals surface area (Å²) in [5.74, 6) is 1.05. The molecule has 0 aliphatic rings. The third-order valence-corrected chi connectivity index (χ3v) is 7.13. The summed E-state index contributed by atoms with van der Waals surface area (Å²) >= 11 is 0. The van der Waals surface area contributed by atoms with Crippen LogP contribution in [0.15, 0.2) is 72.8 Å². The largest absolute Gasteiger partial charge is 0.416 e. The Morgan fingerprint density at radius 3 is 1.48 bits per heavy atom. The van der Waals surface area contributed by atoms with Crippen molar-refractivity contribution in [1.29, 1.82) is 0 Å². The minimum Gasteiger partial charge on any atom is -0.360 e. The number of benzene rings is 2. The number of hydrogen-bond donors (Lipinski definition) is 3. The number of nitrogens with two attached hydrogens (primary N) is 1. The van der Waals surface area contributed by atoms with Crippen LogP contribution in [0.1, 0.15) is 54.4 Å². The molecule has 6 aromatic rings. The average molecular weight is 753 g/mol. The summed E-state index contributed by atoms with van der Waals surface area (Å²) in [7, 11) is 0. The molecule has 0 atom stereocenters. The van der Waals surface area contributed by atoms with E-state index < -0.39 is 23.5 Å². The maximum Gasteiger partial charge on any atom is 0.416 e.